The van der Waals surface area contributed by atoms with Crippen molar-refractivity contribution in [2.75, 3.05) is 37.7 Å². The van der Waals surface area contributed by atoms with E-state index in [1.54, 1.807) is 35.2 Å². The highest BCUT2D eigenvalue weighted by atomic mass is 19.1. The van der Waals surface area contributed by atoms with Gasteiger partial charge in [0.05, 0.1) is 5.69 Å². The summed E-state index contributed by atoms with van der Waals surface area (Å²) < 4.78 is 24.4. The molecule has 1 aliphatic heterocycles. The van der Waals surface area contributed by atoms with E-state index in [0.717, 1.165) is 0 Å². The molecule has 2 heterocycles. The van der Waals surface area contributed by atoms with Crippen LogP contribution in [0.2, 0.25) is 0 Å². The zero-order chi connectivity index (χ0) is 20.9. The molecule has 4 rings (SSSR count). The first-order chi connectivity index (χ1) is 14.6. The number of oxazole rings is 1. The molecule has 0 aliphatic carbocycles. The number of hydrogen-bond acceptors (Lipinski definition) is 6. The van der Waals surface area contributed by atoms with Crippen molar-refractivity contribution >= 4 is 34.7 Å². The molecule has 1 amide bonds. The van der Waals surface area contributed by atoms with Crippen molar-refractivity contribution in [3.8, 4) is 0 Å². The molecule has 7 nitrogen and oxygen atoms in total. The maximum absolute atomic E-state index is 13.9. The van der Waals surface area contributed by atoms with Crippen molar-refractivity contribution < 1.29 is 23.1 Å². The smallest absolute Gasteiger partial charge is 0.331 e. The van der Waals surface area contributed by atoms with Gasteiger partial charge in [-0.15, -0.1) is 0 Å². The summed E-state index contributed by atoms with van der Waals surface area (Å²) in [6, 6.07) is 13.8. The number of amides is 1. The van der Waals surface area contributed by atoms with Gasteiger partial charge in [-0.3, -0.25) is 4.79 Å². The largest absolute Gasteiger partial charge is 0.452 e. The Kier molecular flexibility index (Phi) is 5.74. The number of carbonyl (C=O) groups is 2. The summed E-state index contributed by atoms with van der Waals surface area (Å²) in [4.78, 5) is 31.9. The molecule has 1 aliphatic rings. The molecule has 1 saturated heterocycles. The van der Waals surface area contributed by atoms with Crippen molar-refractivity contribution in [1.82, 2.24) is 9.88 Å². The second-order valence-corrected chi connectivity index (χ2v) is 6.78. The van der Waals surface area contributed by atoms with E-state index in [4.69, 9.17) is 9.15 Å². The van der Waals surface area contributed by atoms with Gasteiger partial charge >= 0.3 is 5.97 Å². The average Bonchev–Trinajstić information content (AvgIpc) is 3.19. The van der Waals surface area contributed by atoms with Crippen LogP contribution >= 0.6 is 0 Å². The third-order valence-corrected chi connectivity index (χ3v) is 4.84. The Morgan fingerprint density at radius 3 is 2.57 bits per heavy atom. The SMILES string of the molecule is O=C(/C=C/c1nc2ccccc2o1)OCC(=O)N1CCN(c2ccccc2F)CC1. The second-order valence-electron chi connectivity index (χ2n) is 6.78. The summed E-state index contributed by atoms with van der Waals surface area (Å²) >= 11 is 0. The number of aromatic nitrogens is 1. The van der Waals surface area contributed by atoms with Crippen molar-refractivity contribution in [2.45, 2.75) is 0 Å². The van der Waals surface area contributed by atoms with E-state index in [2.05, 4.69) is 4.98 Å². The van der Waals surface area contributed by atoms with Gasteiger partial charge in [0.1, 0.15) is 11.3 Å². The van der Waals surface area contributed by atoms with Crippen LogP contribution < -0.4 is 4.90 Å². The molecule has 0 saturated carbocycles. The van der Waals surface area contributed by atoms with E-state index >= 15 is 0 Å². The van der Waals surface area contributed by atoms with Crippen molar-refractivity contribution in [1.29, 1.82) is 0 Å². The summed E-state index contributed by atoms with van der Waals surface area (Å²) in [5.74, 6) is -0.942. The molecule has 0 bridgehead atoms. The summed E-state index contributed by atoms with van der Waals surface area (Å²) in [5, 5.41) is 0. The number of ether oxygens (including phenoxy) is 1. The maximum atomic E-state index is 13.9. The van der Waals surface area contributed by atoms with Gasteiger partial charge in [-0.25, -0.2) is 14.2 Å². The number of nitrogens with zero attached hydrogens (tertiary/aromatic N) is 3. The first kappa shape index (κ1) is 19.6. The monoisotopic (exact) mass is 409 g/mol. The minimum Gasteiger partial charge on any atom is -0.452 e. The third-order valence-electron chi connectivity index (χ3n) is 4.84. The fourth-order valence-corrected chi connectivity index (χ4v) is 3.28. The van der Waals surface area contributed by atoms with E-state index in [1.165, 1.54) is 18.2 Å². The van der Waals surface area contributed by atoms with Gasteiger partial charge in [0.15, 0.2) is 12.2 Å². The predicted molar refractivity (Wildman–Crippen MR) is 109 cm³/mol. The Morgan fingerprint density at radius 1 is 1.07 bits per heavy atom. The molecule has 3 aromatic rings. The van der Waals surface area contributed by atoms with Gasteiger partial charge in [-0.1, -0.05) is 24.3 Å². The quantitative estimate of drug-likeness (QED) is 0.477. The van der Waals surface area contributed by atoms with Crippen molar-refractivity contribution in [2.24, 2.45) is 0 Å². The lowest BCUT2D eigenvalue weighted by molar-refractivity contribution is -0.148. The number of carbonyl (C=O) groups excluding carboxylic acids is 2. The topological polar surface area (TPSA) is 75.9 Å². The van der Waals surface area contributed by atoms with Crippen molar-refractivity contribution in [3.05, 3.63) is 66.3 Å². The number of anilines is 1. The Hall–Kier alpha value is -3.68. The number of piperazine rings is 1. The molecule has 2 aromatic carbocycles. The maximum Gasteiger partial charge on any atom is 0.331 e. The van der Waals surface area contributed by atoms with Gasteiger partial charge in [-0.2, -0.15) is 0 Å². The summed E-state index contributed by atoms with van der Waals surface area (Å²) in [6.45, 7) is 1.54. The molecular weight excluding hydrogens is 389 g/mol. The molecule has 0 N–H and O–H groups in total. The van der Waals surface area contributed by atoms with Crippen molar-refractivity contribution in [3.63, 3.8) is 0 Å². The summed E-state index contributed by atoms with van der Waals surface area (Å²) in [7, 11) is 0. The molecule has 1 fully saturated rings. The Morgan fingerprint density at radius 2 is 1.80 bits per heavy atom. The molecule has 154 valence electrons. The fraction of sp³-hybridized carbons (Fsp3) is 0.227. The molecule has 8 heteroatoms. The molecular formula is C22H20FN3O4. The minimum atomic E-state index is -0.657. The van der Waals surface area contributed by atoms with Crippen LogP contribution in [0.1, 0.15) is 5.89 Å². The number of benzene rings is 2. The van der Waals surface area contributed by atoms with E-state index < -0.39 is 5.97 Å². The molecule has 30 heavy (non-hydrogen) atoms. The lowest BCUT2D eigenvalue weighted by atomic mass is 10.2. The van der Waals surface area contributed by atoms with Crippen LogP contribution in [0.4, 0.5) is 10.1 Å². The zero-order valence-corrected chi connectivity index (χ0v) is 16.2. The molecule has 0 atom stereocenters. The van der Waals surface area contributed by atoms with Crippen LogP contribution in [0.15, 0.2) is 59.0 Å². The van der Waals surface area contributed by atoms with Gasteiger partial charge in [0.25, 0.3) is 5.91 Å². The number of para-hydroxylation sites is 3. The average molecular weight is 409 g/mol. The van der Waals surface area contributed by atoms with Crippen LogP contribution in [-0.4, -0.2) is 54.5 Å². The normalized spacial score (nSPS) is 14.4. The van der Waals surface area contributed by atoms with Crippen LogP contribution in [-0.2, 0) is 14.3 Å². The van der Waals surface area contributed by atoms with Crippen LogP contribution in [0.25, 0.3) is 17.2 Å². The van der Waals surface area contributed by atoms with Gasteiger partial charge in [-0.05, 0) is 24.3 Å². The number of fused-ring (bicyclic) bond motifs is 1. The summed E-state index contributed by atoms with van der Waals surface area (Å²) in [6.07, 6.45) is 2.58. The predicted octanol–water partition coefficient (Wildman–Crippen LogP) is 2.87. The highest BCUT2D eigenvalue weighted by molar-refractivity contribution is 5.89. The second kappa shape index (κ2) is 8.77. The van der Waals surface area contributed by atoms with Crippen LogP contribution in [0, 0.1) is 5.82 Å². The number of esters is 1. The minimum absolute atomic E-state index is 0.281. The van der Waals surface area contributed by atoms with E-state index in [-0.39, 0.29) is 24.2 Å². The van der Waals surface area contributed by atoms with E-state index in [1.807, 2.05) is 17.0 Å². The van der Waals surface area contributed by atoms with Crippen LogP contribution in [0.3, 0.4) is 0 Å². The highest BCUT2D eigenvalue weighted by Gasteiger charge is 2.23. The van der Waals surface area contributed by atoms with Crippen LogP contribution in [0.5, 0.6) is 0 Å². The Bertz CT molecular complexity index is 1050. The third kappa shape index (κ3) is 4.48. The molecule has 0 radical (unpaired) electrons. The van der Waals surface area contributed by atoms with E-state index in [0.29, 0.717) is 43.0 Å². The first-order valence-corrected chi connectivity index (χ1v) is 9.58. The first-order valence-electron chi connectivity index (χ1n) is 9.58. The number of rotatable bonds is 5. The van der Waals surface area contributed by atoms with Gasteiger partial charge < -0.3 is 19.0 Å². The summed E-state index contributed by atoms with van der Waals surface area (Å²) in [5.41, 5.74) is 1.84. The van der Waals surface area contributed by atoms with E-state index in [9.17, 15) is 14.0 Å². The standard InChI is InChI=1S/C22H20FN3O4/c23-16-5-1-3-7-18(16)25-11-13-26(14-12-25)21(27)15-29-22(28)10-9-20-24-17-6-2-4-8-19(17)30-20/h1-10H,11-15H2/b10-9+. The highest BCUT2D eigenvalue weighted by Crippen LogP contribution is 2.20. The van der Waals surface area contributed by atoms with Gasteiger partial charge in [0.2, 0.25) is 5.89 Å². The number of halogens is 1. The lowest BCUT2D eigenvalue weighted by Gasteiger charge is -2.36. The number of hydrogen-bond donors (Lipinski definition) is 0. The molecule has 0 spiro atoms. The van der Waals surface area contributed by atoms with Gasteiger partial charge in [0, 0.05) is 38.3 Å². The fourth-order valence-electron chi connectivity index (χ4n) is 3.28. The molecule has 0 unspecified atom stereocenters. The zero-order valence-electron chi connectivity index (χ0n) is 16.2. The Labute approximate surface area is 172 Å². The lowest BCUT2D eigenvalue weighted by Crippen LogP contribution is -2.50. The molecule has 1 aromatic heterocycles. The Balaban J connectivity index is 1.24.